The molecule has 0 radical (unpaired) electrons. The van der Waals surface area contributed by atoms with Crippen LogP contribution >= 0.6 is 0 Å². The van der Waals surface area contributed by atoms with Crippen LogP contribution in [0.15, 0.2) is 54.6 Å². The van der Waals surface area contributed by atoms with Gasteiger partial charge in [-0.05, 0) is 24.6 Å². The number of hydrogen-bond acceptors (Lipinski definition) is 4. The fraction of sp³-hybridized carbons (Fsp3) is 0.222. The minimum Gasteiger partial charge on any atom is -0.467 e. The minimum atomic E-state index is -1.20. The van der Waals surface area contributed by atoms with Crippen molar-refractivity contribution in [3.63, 3.8) is 0 Å². The summed E-state index contributed by atoms with van der Waals surface area (Å²) in [7, 11) is 1.22. The Morgan fingerprint density at radius 1 is 1.09 bits per heavy atom. The van der Waals surface area contributed by atoms with Gasteiger partial charge in [-0.15, -0.1) is 0 Å². The lowest BCUT2D eigenvalue weighted by molar-refractivity contribution is -0.146. The van der Waals surface area contributed by atoms with Crippen LogP contribution in [0.2, 0.25) is 0 Å². The molecular weight excluding hydrogens is 294 g/mol. The van der Waals surface area contributed by atoms with E-state index in [-0.39, 0.29) is 0 Å². The van der Waals surface area contributed by atoms with Gasteiger partial charge >= 0.3 is 5.97 Å². The Labute approximate surface area is 134 Å². The van der Waals surface area contributed by atoms with E-state index in [0.29, 0.717) is 11.1 Å². The standard InChI is InChI=1S/C18H19NO4/c1-12-7-6-10-14(11-12)16(20)15(18(22)23-2)19-17(21)13-8-4-3-5-9-13/h3-11,15-16,20H,1-2H3,(H,19,21)/t15-,16+/m1/s1. The van der Waals surface area contributed by atoms with E-state index in [9.17, 15) is 14.7 Å². The van der Waals surface area contributed by atoms with E-state index in [1.807, 2.05) is 13.0 Å². The molecule has 0 fully saturated rings. The number of carbonyl (C=O) groups is 2. The van der Waals surface area contributed by atoms with Gasteiger partial charge in [-0.1, -0.05) is 48.0 Å². The maximum Gasteiger partial charge on any atom is 0.331 e. The third kappa shape index (κ3) is 4.17. The summed E-state index contributed by atoms with van der Waals surface area (Å²) in [6.07, 6.45) is -1.20. The van der Waals surface area contributed by atoms with Gasteiger partial charge in [-0.25, -0.2) is 4.79 Å². The van der Waals surface area contributed by atoms with Gasteiger partial charge in [0.1, 0.15) is 6.10 Å². The molecule has 0 aliphatic rings. The van der Waals surface area contributed by atoms with Crippen LogP contribution in [0.1, 0.15) is 27.6 Å². The summed E-state index contributed by atoms with van der Waals surface area (Å²) in [4.78, 5) is 24.2. The monoisotopic (exact) mass is 313 g/mol. The number of aryl methyl sites for hydroxylation is 1. The molecule has 2 atom stereocenters. The van der Waals surface area contributed by atoms with Crippen molar-refractivity contribution in [1.29, 1.82) is 0 Å². The first-order chi connectivity index (χ1) is 11.0. The molecule has 0 aliphatic carbocycles. The number of ether oxygens (including phenoxy) is 1. The quantitative estimate of drug-likeness (QED) is 0.828. The predicted molar refractivity (Wildman–Crippen MR) is 85.9 cm³/mol. The molecule has 0 bridgehead atoms. The minimum absolute atomic E-state index is 0.401. The van der Waals surface area contributed by atoms with Crippen molar-refractivity contribution in [2.75, 3.05) is 7.11 Å². The zero-order valence-corrected chi connectivity index (χ0v) is 13.0. The van der Waals surface area contributed by atoms with E-state index in [4.69, 9.17) is 4.74 Å². The maximum absolute atomic E-state index is 12.2. The molecule has 0 aliphatic heterocycles. The third-order valence-electron chi connectivity index (χ3n) is 3.48. The molecule has 0 aromatic heterocycles. The number of methoxy groups -OCH3 is 1. The topological polar surface area (TPSA) is 75.6 Å². The number of carbonyl (C=O) groups excluding carboxylic acids is 2. The van der Waals surface area contributed by atoms with Gasteiger partial charge in [0.05, 0.1) is 7.11 Å². The van der Waals surface area contributed by atoms with Crippen molar-refractivity contribution in [3.8, 4) is 0 Å². The third-order valence-corrected chi connectivity index (χ3v) is 3.48. The Kier molecular flexibility index (Phi) is 5.49. The lowest BCUT2D eigenvalue weighted by Crippen LogP contribution is -2.45. The highest BCUT2D eigenvalue weighted by atomic mass is 16.5. The van der Waals surface area contributed by atoms with Crippen LogP contribution in [-0.2, 0) is 9.53 Å². The molecular formula is C18H19NO4. The van der Waals surface area contributed by atoms with Crippen molar-refractivity contribution < 1.29 is 19.4 Å². The molecule has 0 saturated heterocycles. The largest absolute Gasteiger partial charge is 0.467 e. The van der Waals surface area contributed by atoms with E-state index in [1.54, 1.807) is 48.5 Å². The van der Waals surface area contributed by atoms with Gasteiger partial charge in [0.25, 0.3) is 5.91 Å². The zero-order chi connectivity index (χ0) is 16.8. The summed E-state index contributed by atoms with van der Waals surface area (Å²) in [5, 5.41) is 13.0. The Bertz CT molecular complexity index is 684. The molecule has 0 spiro atoms. The summed E-state index contributed by atoms with van der Waals surface area (Å²) in [5.41, 5.74) is 1.88. The molecule has 2 N–H and O–H groups in total. The fourth-order valence-corrected chi connectivity index (χ4v) is 2.25. The molecule has 2 rings (SSSR count). The van der Waals surface area contributed by atoms with Crippen molar-refractivity contribution in [2.24, 2.45) is 0 Å². The normalized spacial score (nSPS) is 13.0. The second-order valence-electron chi connectivity index (χ2n) is 5.20. The molecule has 0 unspecified atom stereocenters. The summed E-state index contributed by atoms with van der Waals surface area (Å²) >= 11 is 0. The van der Waals surface area contributed by atoms with Crippen molar-refractivity contribution >= 4 is 11.9 Å². The lowest BCUT2D eigenvalue weighted by atomic mass is 10.00. The van der Waals surface area contributed by atoms with Gasteiger partial charge in [0.2, 0.25) is 0 Å². The number of amides is 1. The van der Waals surface area contributed by atoms with Crippen LogP contribution in [0, 0.1) is 6.92 Å². The summed E-state index contributed by atoms with van der Waals surface area (Å²) in [6, 6.07) is 14.4. The molecule has 1 amide bonds. The molecule has 120 valence electrons. The van der Waals surface area contributed by atoms with Crippen LogP contribution in [0.3, 0.4) is 0 Å². The highest BCUT2D eigenvalue weighted by Gasteiger charge is 2.31. The summed E-state index contributed by atoms with van der Waals surface area (Å²) < 4.78 is 4.71. The number of rotatable bonds is 5. The number of aliphatic hydroxyl groups is 1. The Hall–Kier alpha value is -2.66. The van der Waals surface area contributed by atoms with Crippen molar-refractivity contribution in [3.05, 3.63) is 71.3 Å². The van der Waals surface area contributed by atoms with Crippen LogP contribution in [-0.4, -0.2) is 30.1 Å². The molecule has 0 saturated carbocycles. The number of esters is 1. The second-order valence-corrected chi connectivity index (χ2v) is 5.20. The first-order valence-electron chi connectivity index (χ1n) is 7.21. The number of hydrogen-bond donors (Lipinski definition) is 2. The zero-order valence-electron chi connectivity index (χ0n) is 13.0. The Morgan fingerprint density at radius 2 is 1.78 bits per heavy atom. The molecule has 2 aromatic carbocycles. The van der Waals surface area contributed by atoms with Gasteiger partial charge in [-0.3, -0.25) is 4.79 Å². The number of benzene rings is 2. The van der Waals surface area contributed by atoms with E-state index in [0.717, 1.165) is 5.56 Å². The van der Waals surface area contributed by atoms with Crippen LogP contribution < -0.4 is 5.32 Å². The average molecular weight is 313 g/mol. The summed E-state index contributed by atoms with van der Waals surface area (Å²) in [6.45, 7) is 1.88. The van der Waals surface area contributed by atoms with E-state index in [1.165, 1.54) is 7.11 Å². The highest BCUT2D eigenvalue weighted by molar-refractivity contribution is 5.96. The lowest BCUT2D eigenvalue weighted by Gasteiger charge is -2.22. The first-order valence-corrected chi connectivity index (χ1v) is 7.21. The number of aliphatic hydroxyl groups excluding tert-OH is 1. The Morgan fingerprint density at radius 3 is 2.39 bits per heavy atom. The molecule has 5 heteroatoms. The van der Waals surface area contributed by atoms with Gasteiger partial charge < -0.3 is 15.2 Å². The highest BCUT2D eigenvalue weighted by Crippen LogP contribution is 2.19. The molecule has 5 nitrogen and oxygen atoms in total. The maximum atomic E-state index is 12.2. The van der Waals surface area contributed by atoms with Gasteiger partial charge in [-0.2, -0.15) is 0 Å². The first kappa shape index (κ1) is 16.7. The van der Waals surface area contributed by atoms with Crippen molar-refractivity contribution in [1.82, 2.24) is 5.32 Å². The fourth-order valence-electron chi connectivity index (χ4n) is 2.25. The molecule has 0 heterocycles. The van der Waals surface area contributed by atoms with Crippen LogP contribution in [0.4, 0.5) is 0 Å². The van der Waals surface area contributed by atoms with E-state index >= 15 is 0 Å². The summed E-state index contributed by atoms with van der Waals surface area (Å²) in [5.74, 6) is -1.16. The van der Waals surface area contributed by atoms with Crippen LogP contribution in [0.25, 0.3) is 0 Å². The number of nitrogens with one attached hydrogen (secondary N) is 1. The second kappa shape index (κ2) is 7.56. The van der Waals surface area contributed by atoms with Crippen LogP contribution in [0.5, 0.6) is 0 Å². The Balaban J connectivity index is 2.23. The molecule has 2 aromatic rings. The van der Waals surface area contributed by atoms with E-state index in [2.05, 4.69) is 5.32 Å². The van der Waals surface area contributed by atoms with E-state index < -0.39 is 24.0 Å². The SMILES string of the molecule is COC(=O)[C@H](NC(=O)c1ccccc1)[C@@H](O)c1cccc(C)c1. The smallest absolute Gasteiger partial charge is 0.331 e. The van der Waals surface area contributed by atoms with Gasteiger partial charge in [0, 0.05) is 5.56 Å². The average Bonchev–Trinajstić information content (AvgIpc) is 2.59. The van der Waals surface area contributed by atoms with Crippen molar-refractivity contribution in [2.45, 2.75) is 19.1 Å². The molecule has 23 heavy (non-hydrogen) atoms. The van der Waals surface area contributed by atoms with Gasteiger partial charge in [0.15, 0.2) is 6.04 Å². The predicted octanol–water partition coefficient (Wildman–Crippen LogP) is 2.00.